The van der Waals surface area contributed by atoms with Gasteiger partial charge < -0.3 is 14.5 Å². The highest BCUT2D eigenvalue weighted by atomic mass is 32.1. The molecule has 0 spiro atoms. The number of fused-ring (bicyclic) bond motifs is 1. The molecular formula is C25H32N2O3S. The normalized spacial score (nSPS) is 18.1. The standard InChI is InChI=1S/C25H32N2O3S/c1-4-24(28)27(19-7-8-19)15-25(29)26-13-11-23-21(12-14-31-23)22(26)16-30-20-9-5-18(6-10-20)17(2)3/h5-6,9-10,12,14,17,19,22H,4,7-8,11,13,15-16H2,1-3H3. The molecule has 0 saturated heterocycles. The number of nitrogens with zero attached hydrogens (tertiary/aromatic N) is 2. The lowest BCUT2D eigenvalue weighted by molar-refractivity contribution is -0.143. The third-order valence-corrected chi connectivity index (χ3v) is 7.28. The summed E-state index contributed by atoms with van der Waals surface area (Å²) in [6, 6.07) is 10.5. The average molecular weight is 441 g/mol. The van der Waals surface area contributed by atoms with Gasteiger partial charge in [0, 0.05) is 23.9 Å². The molecule has 6 heteroatoms. The molecular weight excluding hydrogens is 408 g/mol. The minimum atomic E-state index is -0.120. The smallest absolute Gasteiger partial charge is 0.242 e. The van der Waals surface area contributed by atoms with Crippen LogP contribution in [0.5, 0.6) is 5.75 Å². The van der Waals surface area contributed by atoms with Crippen LogP contribution >= 0.6 is 11.3 Å². The van der Waals surface area contributed by atoms with Crippen LogP contribution in [0, 0.1) is 0 Å². The first-order valence-corrected chi connectivity index (χ1v) is 12.2. The van der Waals surface area contributed by atoms with Crippen molar-refractivity contribution in [3.63, 3.8) is 0 Å². The zero-order valence-electron chi connectivity index (χ0n) is 18.7. The monoisotopic (exact) mass is 440 g/mol. The van der Waals surface area contributed by atoms with E-state index in [4.69, 9.17) is 4.74 Å². The van der Waals surface area contributed by atoms with Crippen molar-refractivity contribution in [1.82, 2.24) is 9.80 Å². The van der Waals surface area contributed by atoms with Crippen LogP contribution in [0.2, 0.25) is 0 Å². The van der Waals surface area contributed by atoms with Crippen LogP contribution in [-0.2, 0) is 16.0 Å². The van der Waals surface area contributed by atoms with Crippen molar-refractivity contribution in [2.45, 2.75) is 64.5 Å². The summed E-state index contributed by atoms with van der Waals surface area (Å²) in [5.41, 5.74) is 2.46. The lowest BCUT2D eigenvalue weighted by Gasteiger charge is -2.37. The molecule has 5 nitrogen and oxygen atoms in total. The lowest BCUT2D eigenvalue weighted by atomic mass is 10.00. The number of hydrogen-bond acceptors (Lipinski definition) is 4. The summed E-state index contributed by atoms with van der Waals surface area (Å²) in [7, 11) is 0. The van der Waals surface area contributed by atoms with E-state index in [9.17, 15) is 9.59 Å². The zero-order chi connectivity index (χ0) is 22.0. The van der Waals surface area contributed by atoms with Crippen molar-refractivity contribution in [2.24, 2.45) is 0 Å². The van der Waals surface area contributed by atoms with E-state index in [-0.39, 0.29) is 30.4 Å². The number of amides is 2. The van der Waals surface area contributed by atoms with Gasteiger partial charge in [-0.3, -0.25) is 9.59 Å². The van der Waals surface area contributed by atoms with Gasteiger partial charge in [0.2, 0.25) is 11.8 Å². The second kappa shape index (κ2) is 9.43. The predicted molar refractivity (Wildman–Crippen MR) is 124 cm³/mol. The molecule has 1 aromatic heterocycles. The molecule has 31 heavy (non-hydrogen) atoms. The number of hydrogen-bond donors (Lipinski definition) is 0. The van der Waals surface area contributed by atoms with Crippen LogP contribution < -0.4 is 4.74 Å². The maximum atomic E-state index is 13.3. The van der Waals surface area contributed by atoms with Crippen LogP contribution in [0.3, 0.4) is 0 Å². The van der Waals surface area contributed by atoms with Crippen LogP contribution in [0.25, 0.3) is 0 Å². The first kappa shape index (κ1) is 21.9. The van der Waals surface area contributed by atoms with E-state index in [1.54, 1.807) is 16.2 Å². The van der Waals surface area contributed by atoms with Crippen molar-refractivity contribution in [3.05, 3.63) is 51.7 Å². The van der Waals surface area contributed by atoms with E-state index in [0.29, 0.717) is 25.5 Å². The number of carbonyl (C=O) groups is 2. The van der Waals surface area contributed by atoms with Gasteiger partial charge in [-0.1, -0.05) is 32.9 Å². The molecule has 166 valence electrons. The van der Waals surface area contributed by atoms with Gasteiger partial charge in [-0.25, -0.2) is 0 Å². The second-order valence-corrected chi connectivity index (χ2v) is 9.79. The molecule has 0 N–H and O–H groups in total. The topological polar surface area (TPSA) is 49.9 Å². The Balaban J connectivity index is 1.48. The van der Waals surface area contributed by atoms with E-state index in [0.717, 1.165) is 25.0 Å². The van der Waals surface area contributed by atoms with E-state index >= 15 is 0 Å². The Kier molecular flexibility index (Phi) is 6.65. The molecule has 1 unspecified atom stereocenters. The molecule has 0 bridgehead atoms. The van der Waals surface area contributed by atoms with Gasteiger partial charge in [-0.2, -0.15) is 0 Å². The summed E-state index contributed by atoms with van der Waals surface area (Å²) in [5, 5.41) is 2.10. The molecule has 1 aliphatic heterocycles. The van der Waals surface area contributed by atoms with Gasteiger partial charge >= 0.3 is 0 Å². The van der Waals surface area contributed by atoms with Gasteiger partial charge in [0.15, 0.2) is 0 Å². The minimum Gasteiger partial charge on any atom is -0.491 e. The fourth-order valence-electron chi connectivity index (χ4n) is 4.25. The Morgan fingerprint density at radius 1 is 1.19 bits per heavy atom. The van der Waals surface area contributed by atoms with Gasteiger partial charge in [0.25, 0.3) is 0 Å². The van der Waals surface area contributed by atoms with Crippen LogP contribution in [0.15, 0.2) is 35.7 Å². The maximum absolute atomic E-state index is 13.3. The molecule has 0 radical (unpaired) electrons. The molecule has 2 amide bonds. The highest BCUT2D eigenvalue weighted by Gasteiger charge is 2.37. The van der Waals surface area contributed by atoms with Crippen molar-refractivity contribution < 1.29 is 14.3 Å². The van der Waals surface area contributed by atoms with Crippen molar-refractivity contribution in [2.75, 3.05) is 19.7 Å². The molecule has 4 rings (SSSR count). The summed E-state index contributed by atoms with van der Waals surface area (Å²) in [6.07, 6.45) is 3.32. The number of rotatable bonds is 8. The third-order valence-electron chi connectivity index (χ3n) is 6.29. The summed E-state index contributed by atoms with van der Waals surface area (Å²) in [5.74, 6) is 1.39. The molecule has 2 aliphatic rings. The number of benzene rings is 1. The van der Waals surface area contributed by atoms with Gasteiger partial charge in [0.05, 0.1) is 6.04 Å². The Labute approximate surface area is 189 Å². The minimum absolute atomic E-state index is 0.0225. The Hall–Kier alpha value is -2.34. The highest BCUT2D eigenvalue weighted by Crippen LogP contribution is 2.35. The molecule has 1 atom stereocenters. The van der Waals surface area contributed by atoms with Gasteiger partial charge in [-0.05, 0) is 59.9 Å². The van der Waals surface area contributed by atoms with Crippen LogP contribution in [0.4, 0.5) is 0 Å². The summed E-state index contributed by atoms with van der Waals surface area (Å²) < 4.78 is 6.15. The van der Waals surface area contributed by atoms with E-state index < -0.39 is 0 Å². The molecule has 2 heterocycles. The summed E-state index contributed by atoms with van der Waals surface area (Å²) in [4.78, 5) is 30.7. The highest BCUT2D eigenvalue weighted by molar-refractivity contribution is 7.10. The molecule has 1 fully saturated rings. The van der Waals surface area contributed by atoms with Crippen molar-refractivity contribution in [1.29, 1.82) is 0 Å². The predicted octanol–water partition coefficient (Wildman–Crippen LogP) is 4.78. The van der Waals surface area contributed by atoms with E-state index in [2.05, 4.69) is 37.4 Å². The fourth-order valence-corrected chi connectivity index (χ4v) is 5.17. The van der Waals surface area contributed by atoms with E-state index in [1.165, 1.54) is 16.0 Å². The second-order valence-electron chi connectivity index (χ2n) is 8.79. The summed E-state index contributed by atoms with van der Waals surface area (Å²) >= 11 is 1.75. The van der Waals surface area contributed by atoms with Crippen molar-refractivity contribution >= 4 is 23.2 Å². The number of ether oxygens (including phenoxy) is 1. The van der Waals surface area contributed by atoms with Crippen molar-refractivity contribution in [3.8, 4) is 5.75 Å². The van der Waals surface area contributed by atoms with Crippen LogP contribution in [-0.4, -0.2) is 47.4 Å². The average Bonchev–Trinajstić information content (AvgIpc) is 3.51. The first-order chi connectivity index (χ1) is 15.0. The van der Waals surface area contributed by atoms with Crippen LogP contribution in [0.1, 0.15) is 68.0 Å². The lowest BCUT2D eigenvalue weighted by Crippen LogP contribution is -2.48. The zero-order valence-corrected chi connectivity index (χ0v) is 19.5. The molecule has 2 aromatic rings. The van der Waals surface area contributed by atoms with E-state index in [1.807, 2.05) is 24.0 Å². The Morgan fingerprint density at radius 2 is 1.94 bits per heavy atom. The number of thiophene rings is 1. The fraction of sp³-hybridized carbons (Fsp3) is 0.520. The Morgan fingerprint density at radius 3 is 2.58 bits per heavy atom. The molecule has 1 aromatic carbocycles. The largest absolute Gasteiger partial charge is 0.491 e. The quantitative estimate of drug-likeness (QED) is 0.594. The first-order valence-electron chi connectivity index (χ1n) is 11.4. The number of carbonyl (C=O) groups excluding carboxylic acids is 2. The summed E-state index contributed by atoms with van der Waals surface area (Å²) in [6.45, 7) is 7.48. The Bertz CT molecular complexity index is 917. The molecule has 1 saturated carbocycles. The molecule has 1 aliphatic carbocycles. The third kappa shape index (κ3) is 4.95. The van der Waals surface area contributed by atoms with Gasteiger partial charge in [0.1, 0.15) is 18.9 Å². The maximum Gasteiger partial charge on any atom is 0.242 e. The SMILES string of the molecule is CCC(=O)N(CC(=O)N1CCc2sccc2C1COc1ccc(C(C)C)cc1)C1CC1. The van der Waals surface area contributed by atoms with Gasteiger partial charge in [-0.15, -0.1) is 11.3 Å².